The van der Waals surface area contributed by atoms with Crippen LogP contribution in [-0.4, -0.2) is 32.9 Å². The molecule has 0 aliphatic carbocycles. The van der Waals surface area contributed by atoms with Crippen LogP contribution in [0.2, 0.25) is 0 Å². The summed E-state index contributed by atoms with van der Waals surface area (Å²) in [6, 6.07) is 7.02. The molecule has 1 N–H and O–H groups in total. The SMILES string of the molecule is CC(C)CSc1nnc(S[C@H](C)C(=O)c2ccc(NC(=O)C(C)C)cc2)s1. The summed E-state index contributed by atoms with van der Waals surface area (Å²) in [5.74, 6) is 1.52. The van der Waals surface area contributed by atoms with Crippen LogP contribution in [0.1, 0.15) is 45.0 Å². The van der Waals surface area contributed by atoms with Crippen molar-refractivity contribution in [2.75, 3.05) is 11.1 Å². The Morgan fingerprint density at radius 3 is 2.26 bits per heavy atom. The maximum atomic E-state index is 12.7. The van der Waals surface area contributed by atoms with Gasteiger partial charge in [0.05, 0.1) is 5.25 Å². The third kappa shape index (κ3) is 6.93. The van der Waals surface area contributed by atoms with Crippen LogP contribution in [0, 0.1) is 11.8 Å². The standard InChI is InChI=1S/C19H25N3O2S3/c1-11(2)10-25-18-21-22-19(27-18)26-13(5)16(23)14-6-8-15(9-7-14)20-17(24)12(3)4/h6-9,11-13H,10H2,1-5H3,(H,20,24)/t13-/m1/s1. The van der Waals surface area contributed by atoms with E-state index in [0.29, 0.717) is 17.2 Å². The zero-order chi connectivity index (χ0) is 20.0. The van der Waals surface area contributed by atoms with E-state index >= 15 is 0 Å². The third-order valence-corrected chi connectivity index (χ3v) is 7.20. The molecule has 8 heteroatoms. The highest BCUT2D eigenvalue weighted by Crippen LogP contribution is 2.33. The fraction of sp³-hybridized carbons (Fsp3) is 0.474. The number of anilines is 1. The number of hydrogen-bond acceptors (Lipinski definition) is 7. The van der Waals surface area contributed by atoms with Gasteiger partial charge in [-0.25, -0.2) is 0 Å². The summed E-state index contributed by atoms with van der Waals surface area (Å²) < 4.78 is 1.75. The van der Waals surface area contributed by atoms with Crippen molar-refractivity contribution in [3.63, 3.8) is 0 Å². The number of aromatic nitrogens is 2. The van der Waals surface area contributed by atoms with E-state index in [1.807, 2.05) is 20.8 Å². The van der Waals surface area contributed by atoms with E-state index in [9.17, 15) is 9.59 Å². The van der Waals surface area contributed by atoms with Crippen molar-refractivity contribution >= 4 is 52.2 Å². The molecular formula is C19H25N3O2S3. The molecular weight excluding hydrogens is 398 g/mol. The van der Waals surface area contributed by atoms with E-state index in [0.717, 1.165) is 14.4 Å². The first kappa shape index (κ1) is 21.9. The molecule has 0 saturated carbocycles. The van der Waals surface area contributed by atoms with E-state index < -0.39 is 0 Å². The minimum atomic E-state index is -0.253. The van der Waals surface area contributed by atoms with Gasteiger partial charge < -0.3 is 5.32 Å². The summed E-state index contributed by atoms with van der Waals surface area (Å²) in [6.07, 6.45) is 0. The van der Waals surface area contributed by atoms with E-state index in [-0.39, 0.29) is 22.9 Å². The zero-order valence-corrected chi connectivity index (χ0v) is 18.6. The van der Waals surface area contributed by atoms with Crippen molar-refractivity contribution < 1.29 is 9.59 Å². The Balaban J connectivity index is 1.93. The van der Waals surface area contributed by atoms with Crippen LogP contribution in [0.25, 0.3) is 0 Å². The molecule has 0 fully saturated rings. The molecule has 1 aromatic heterocycles. The van der Waals surface area contributed by atoms with Gasteiger partial charge in [0.15, 0.2) is 14.5 Å². The van der Waals surface area contributed by atoms with Crippen LogP contribution in [0.5, 0.6) is 0 Å². The Morgan fingerprint density at radius 1 is 1.04 bits per heavy atom. The summed E-state index contributed by atoms with van der Waals surface area (Å²) in [5, 5.41) is 10.9. The molecule has 0 aliphatic heterocycles. The van der Waals surface area contributed by atoms with Gasteiger partial charge in [0, 0.05) is 22.9 Å². The molecule has 0 spiro atoms. The van der Waals surface area contributed by atoms with Crippen LogP contribution >= 0.6 is 34.9 Å². The first-order valence-corrected chi connectivity index (χ1v) is 11.5. The Bertz CT molecular complexity index is 773. The topological polar surface area (TPSA) is 72.0 Å². The summed E-state index contributed by atoms with van der Waals surface area (Å²) in [4.78, 5) is 24.4. The van der Waals surface area contributed by atoms with Gasteiger partial charge in [-0.1, -0.05) is 62.6 Å². The van der Waals surface area contributed by atoms with E-state index in [4.69, 9.17) is 0 Å². The Morgan fingerprint density at radius 2 is 1.67 bits per heavy atom. The molecule has 146 valence electrons. The molecule has 1 aromatic carbocycles. The first-order valence-electron chi connectivity index (χ1n) is 8.84. The van der Waals surface area contributed by atoms with Crippen molar-refractivity contribution in [2.24, 2.45) is 11.8 Å². The molecule has 0 unspecified atom stereocenters. The number of nitrogens with zero attached hydrogens (tertiary/aromatic N) is 2. The van der Waals surface area contributed by atoms with Gasteiger partial charge in [-0.3, -0.25) is 9.59 Å². The highest BCUT2D eigenvalue weighted by atomic mass is 32.2. The molecule has 1 amide bonds. The number of hydrogen-bond donors (Lipinski definition) is 1. The van der Waals surface area contributed by atoms with Crippen LogP contribution in [0.3, 0.4) is 0 Å². The van der Waals surface area contributed by atoms with Gasteiger partial charge in [-0.05, 0) is 37.1 Å². The zero-order valence-electron chi connectivity index (χ0n) is 16.2. The Kier molecular flexibility index (Phi) is 8.31. The second kappa shape index (κ2) is 10.2. The molecule has 2 rings (SSSR count). The molecule has 0 saturated heterocycles. The summed E-state index contributed by atoms with van der Waals surface area (Å²) in [6.45, 7) is 9.90. The lowest BCUT2D eigenvalue weighted by Crippen LogP contribution is -2.18. The monoisotopic (exact) mass is 423 g/mol. The lowest BCUT2D eigenvalue weighted by Gasteiger charge is -2.10. The van der Waals surface area contributed by atoms with Crippen LogP contribution in [0.4, 0.5) is 5.69 Å². The average Bonchev–Trinajstić information content (AvgIpc) is 3.07. The molecule has 1 heterocycles. The summed E-state index contributed by atoms with van der Waals surface area (Å²) >= 11 is 4.67. The predicted octanol–water partition coefficient (Wildman–Crippen LogP) is 5.24. The number of rotatable bonds is 9. The predicted molar refractivity (Wildman–Crippen MR) is 115 cm³/mol. The van der Waals surface area contributed by atoms with Crippen LogP contribution < -0.4 is 5.32 Å². The lowest BCUT2D eigenvalue weighted by molar-refractivity contribution is -0.118. The average molecular weight is 424 g/mol. The number of carbonyl (C=O) groups is 2. The normalized spacial score (nSPS) is 12.4. The largest absolute Gasteiger partial charge is 0.326 e. The quantitative estimate of drug-likeness (QED) is 0.439. The lowest BCUT2D eigenvalue weighted by atomic mass is 10.1. The molecule has 0 aliphatic rings. The number of amides is 1. The van der Waals surface area contributed by atoms with E-state index in [2.05, 4.69) is 29.4 Å². The Hall–Kier alpha value is -1.38. The second-order valence-electron chi connectivity index (χ2n) is 6.88. The minimum Gasteiger partial charge on any atom is -0.326 e. The van der Waals surface area contributed by atoms with Crippen molar-refractivity contribution in [2.45, 2.75) is 48.5 Å². The maximum Gasteiger partial charge on any atom is 0.226 e. The summed E-state index contributed by atoms with van der Waals surface area (Å²) in [7, 11) is 0. The second-order valence-corrected chi connectivity index (χ2v) is 10.7. The number of benzene rings is 1. The van der Waals surface area contributed by atoms with E-state index in [1.54, 1.807) is 36.0 Å². The summed E-state index contributed by atoms with van der Waals surface area (Å²) in [5.41, 5.74) is 1.32. The molecule has 27 heavy (non-hydrogen) atoms. The molecule has 5 nitrogen and oxygen atoms in total. The van der Waals surface area contributed by atoms with Gasteiger partial charge in [0.25, 0.3) is 0 Å². The number of nitrogens with one attached hydrogen (secondary N) is 1. The smallest absolute Gasteiger partial charge is 0.226 e. The van der Waals surface area contributed by atoms with Crippen molar-refractivity contribution in [3.05, 3.63) is 29.8 Å². The van der Waals surface area contributed by atoms with Crippen LogP contribution in [-0.2, 0) is 4.79 Å². The van der Waals surface area contributed by atoms with Crippen molar-refractivity contribution in [1.82, 2.24) is 10.2 Å². The van der Waals surface area contributed by atoms with Gasteiger partial charge in [0.2, 0.25) is 5.91 Å². The fourth-order valence-corrected chi connectivity index (χ4v) is 5.20. The molecule has 2 aromatic rings. The highest BCUT2D eigenvalue weighted by molar-refractivity contribution is 8.04. The fourth-order valence-electron chi connectivity index (χ4n) is 1.98. The molecule has 0 bridgehead atoms. The number of carbonyl (C=O) groups excluding carboxylic acids is 2. The van der Waals surface area contributed by atoms with Gasteiger partial charge in [0.1, 0.15) is 0 Å². The molecule has 0 radical (unpaired) electrons. The third-order valence-electron chi connectivity index (χ3n) is 3.54. The van der Waals surface area contributed by atoms with Gasteiger partial charge >= 0.3 is 0 Å². The van der Waals surface area contributed by atoms with E-state index in [1.165, 1.54) is 23.1 Å². The number of Topliss-reactive ketones (excluding diaryl/α,β-unsaturated/α-hetero) is 1. The highest BCUT2D eigenvalue weighted by Gasteiger charge is 2.19. The van der Waals surface area contributed by atoms with Gasteiger partial charge in [-0.15, -0.1) is 10.2 Å². The maximum absolute atomic E-state index is 12.7. The minimum absolute atomic E-state index is 0.0355. The van der Waals surface area contributed by atoms with Crippen molar-refractivity contribution in [1.29, 1.82) is 0 Å². The Labute approximate surface area is 173 Å². The molecule has 1 atom stereocenters. The first-order chi connectivity index (χ1) is 12.8. The number of thioether (sulfide) groups is 2. The van der Waals surface area contributed by atoms with Gasteiger partial charge in [-0.2, -0.15) is 0 Å². The van der Waals surface area contributed by atoms with Crippen LogP contribution in [0.15, 0.2) is 32.9 Å². The van der Waals surface area contributed by atoms with Crippen molar-refractivity contribution in [3.8, 4) is 0 Å². The number of ketones is 1.